The van der Waals surface area contributed by atoms with Crippen LogP contribution in [-0.2, 0) is 4.74 Å². The highest BCUT2D eigenvalue weighted by molar-refractivity contribution is 7.98. The van der Waals surface area contributed by atoms with Crippen LogP contribution in [0.5, 0.6) is 0 Å². The summed E-state index contributed by atoms with van der Waals surface area (Å²) in [4.78, 5) is 13.9. The third-order valence-corrected chi connectivity index (χ3v) is 4.07. The summed E-state index contributed by atoms with van der Waals surface area (Å²) < 4.78 is 4.77. The molecular weight excluding hydrogens is 260 g/mol. The molecule has 4 nitrogen and oxygen atoms in total. The number of carbonyl (C=O) groups is 1. The third kappa shape index (κ3) is 3.56. The molecule has 19 heavy (non-hydrogen) atoms. The van der Waals surface area contributed by atoms with Gasteiger partial charge in [0.2, 0.25) is 0 Å². The smallest absolute Gasteiger partial charge is 0.340 e. The maximum absolute atomic E-state index is 11.7. The molecule has 0 radical (unpaired) electrons. The van der Waals surface area contributed by atoms with Crippen LogP contribution in [0.15, 0.2) is 12.1 Å². The number of anilines is 2. The Hall–Kier alpha value is -1.36. The van der Waals surface area contributed by atoms with E-state index < -0.39 is 5.97 Å². The molecule has 1 rings (SSSR count). The van der Waals surface area contributed by atoms with Gasteiger partial charge in [0.1, 0.15) is 0 Å². The Labute approximate surface area is 119 Å². The standard InChI is InChI=1S/C14H22N2O2S/c1-9-6-11(16(3)10(2)8-19-5)7-12(13(9)15)14(17)18-4/h6-7,10H,8,15H2,1-5H3. The van der Waals surface area contributed by atoms with Gasteiger partial charge in [-0.3, -0.25) is 0 Å². The highest BCUT2D eigenvalue weighted by atomic mass is 32.2. The maximum atomic E-state index is 11.7. The number of ether oxygens (including phenoxy) is 1. The summed E-state index contributed by atoms with van der Waals surface area (Å²) in [5.41, 5.74) is 8.73. The van der Waals surface area contributed by atoms with Crippen LogP contribution in [0.3, 0.4) is 0 Å². The first kappa shape index (κ1) is 15.7. The first-order valence-corrected chi connectivity index (χ1v) is 7.52. The Morgan fingerprint density at radius 3 is 2.68 bits per heavy atom. The van der Waals surface area contributed by atoms with Crippen LogP contribution in [0.1, 0.15) is 22.8 Å². The van der Waals surface area contributed by atoms with E-state index in [9.17, 15) is 4.79 Å². The maximum Gasteiger partial charge on any atom is 0.340 e. The summed E-state index contributed by atoms with van der Waals surface area (Å²) >= 11 is 1.80. The van der Waals surface area contributed by atoms with Crippen LogP contribution in [-0.4, -0.2) is 38.2 Å². The monoisotopic (exact) mass is 282 g/mol. The van der Waals surface area contributed by atoms with Crippen LogP contribution < -0.4 is 10.6 Å². The van der Waals surface area contributed by atoms with Crippen molar-refractivity contribution in [2.45, 2.75) is 19.9 Å². The third-order valence-electron chi connectivity index (χ3n) is 3.25. The van der Waals surface area contributed by atoms with E-state index in [1.54, 1.807) is 17.8 Å². The number of carbonyl (C=O) groups excluding carboxylic acids is 1. The molecule has 0 aliphatic rings. The summed E-state index contributed by atoms with van der Waals surface area (Å²) in [5, 5.41) is 0. The van der Waals surface area contributed by atoms with Gasteiger partial charge in [-0.1, -0.05) is 0 Å². The SMILES string of the molecule is COC(=O)c1cc(N(C)C(C)CSC)cc(C)c1N. The normalized spacial score (nSPS) is 12.1. The molecule has 5 heteroatoms. The van der Waals surface area contributed by atoms with Crippen LogP contribution in [0, 0.1) is 6.92 Å². The average molecular weight is 282 g/mol. The van der Waals surface area contributed by atoms with Crippen LogP contribution in [0.25, 0.3) is 0 Å². The van der Waals surface area contributed by atoms with E-state index in [2.05, 4.69) is 18.1 Å². The molecule has 0 aliphatic heterocycles. The second-order valence-corrected chi connectivity index (χ2v) is 5.54. The lowest BCUT2D eigenvalue weighted by Crippen LogP contribution is -2.31. The van der Waals surface area contributed by atoms with Gasteiger partial charge in [0.25, 0.3) is 0 Å². The fraction of sp³-hybridized carbons (Fsp3) is 0.500. The molecule has 0 saturated heterocycles. The molecule has 0 saturated carbocycles. The number of hydrogen-bond acceptors (Lipinski definition) is 5. The number of rotatable bonds is 5. The Balaban J connectivity index is 3.16. The number of benzene rings is 1. The van der Waals surface area contributed by atoms with Gasteiger partial charge in [0, 0.05) is 30.2 Å². The van der Waals surface area contributed by atoms with E-state index in [4.69, 9.17) is 10.5 Å². The molecule has 1 aromatic rings. The fourth-order valence-electron chi connectivity index (χ4n) is 1.87. The summed E-state index contributed by atoms with van der Waals surface area (Å²) in [6.45, 7) is 4.05. The second-order valence-electron chi connectivity index (χ2n) is 4.63. The van der Waals surface area contributed by atoms with Crippen molar-refractivity contribution in [1.29, 1.82) is 0 Å². The van der Waals surface area contributed by atoms with E-state index in [1.807, 2.05) is 20.0 Å². The van der Waals surface area contributed by atoms with E-state index >= 15 is 0 Å². The number of hydrogen-bond donors (Lipinski definition) is 1. The van der Waals surface area contributed by atoms with Crippen molar-refractivity contribution in [1.82, 2.24) is 0 Å². The Kier molecular flexibility index (Phi) is 5.54. The minimum Gasteiger partial charge on any atom is -0.465 e. The molecule has 1 unspecified atom stereocenters. The molecule has 0 aromatic heterocycles. The molecule has 2 N–H and O–H groups in total. The van der Waals surface area contributed by atoms with Crippen molar-refractivity contribution >= 4 is 29.1 Å². The highest BCUT2D eigenvalue weighted by Crippen LogP contribution is 2.27. The van der Waals surface area contributed by atoms with Crippen LogP contribution in [0.4, 0.5) is 11.4 Å². The topological polar surface area (TPSA) is 55.6 Å². The van der Waals surface area contributed by atoms with Gasteiger partial charge in [-0.2, -0.15) is 11.8 Å². The van der Waals surface area contributed by atoms with Crippen LogP contribution in [0.2, 0.25) is 0 Å². The molecule has 1 aromatic carbocycles. The lowest BCUT2D eigenvalue weighted by Gasteiger charge is -2.27. The molecule has 0 aliphatic carbocycles. The van der Waals surface area contributed by atoms with Crippen molar-refractivity contribution in [3.8, 4) is 0 Å². The first-order valence-electron chi connectivity index (χ1n) is 6.12. The molecule has 0 amide bonds. The highest BCUT2D eigenvalue weighted by Gasteiger charge is 2.17. The fourth-order valence-corrected chi connectivity index (χ4v) is 2.58. The number of thioether (sulfide) groups is 1. The van der Waals surface area contributed by atoms with Crippen molar-refractivity contribution in [2.24, 2.45) is 0 Å². The van der Waals surface area contributed by atoms with Gasteiger partial charge in [-0.15, -0.1) is 0 Å². The number of aryl methyl sites for hydroxylation is 1. The number of methoxy groups -OCH3 is 1. The van der Waals surface area contributed by atoms with Crippen LogP contribution >= 0.6 is 11.8 Å². The van der Waals surface area contributed by atoms with E-state index in [0.29, 0.717) is 17.3 Å². The van der Waals surface area contributed by atoms with Crippen molar-refractivity contribution in [3.63, 3.8) is 0 Å². The van der Waals surface area contributed by atoms with Gasteiger partial charge in [-0.05, 0) is 37.8 Å². The predicted octanol–water partition coefficient (Wildman–Crippen LogP) is 2.55. The first-order chi connectivity index (χ1) is 8.92. The zero-order chi connectivity index (χ0) is 14.6. The van der Waals surface area contributed by atoms with E-state index in [1.165, 1.54) is 7.11 Å². The number of esters is 1. The lowest BCUT2D eigenvalue weighted by molar-refractivity contribution is 0.0602. The molecule has 0 spiro atoms. The second kappa shape index (κ2) is 6.70. The number of nitrogens with zero attached hydrogens (tertiary/aromatic N) is 1. The quantitative estimate of drug-likeness (QED) is 0.664. The van der Waals surface area contributed by atoms with Crippen molar-refractivity contribution in [2.75, 3.05) is 36.8 Å². The average Bonchev–Trinajstić information content (AvgIpc) is 2.40. The predicted molar refractivity (Wildman–Crippen MR) is 83.2 cm³/mol. The molecule has 1 atom stereocenters. The Bertz CT molecular complexity index is 463. The minimum atomic E-state index is -0.395. The molecule has 0 fully saturated rings. The molecule has 0 bridgehead atoms. The zero-order valence-electron chi connectivity index (χ0n) is 12.2. The van der Waals surface area contributed by atoms with E-state index in [-0.39, 0.29) is 0 Å². The van der Waals surface area contributed by atoms with Crippen molar-refractivity contribution in [3.05, 3.63) is 23.3 Å². The summed E-state index contributed by atoms with van der Waals surface area (Å²) in [6.07, 6.45) is 2.08. The van der Waals surface area contributed by atoms with Gasteiger partial charge in [0.15, 0.2) is 0 Å². The summed E-state index contributed by atoms with van der Waals surface area (Å²) in [6, 6.07) is 4.17. The zero-order valence-corrected chi connectivity index (χ0v) is 13.0. The molecular formula is C14H22N2O2S. The number of nitrogen functional groups attached to an aromatic ring is 1. The van der Waals surface area contributed by atoms with Gasteiger partial charge in [-0.25, -0.2) is 4.79 Å². The molecule has 106 valence electrons. The number of nitrogens with two attached hydrogens (primary N) is 1. The van der Waals surface area contributed by atoms with Crippen molar-refractivity contribution < 1.29 is 9.53 Å². The van der Waals surface area contributed by atoms with Gasteiger partial charge in [0.05, 0.1) is 12.7 Å². The Morgan fingerprint density at radius 1 is 1.53 bits per heavy atom. The summed E-state index contributed by atoms with van der Waals surface area (Å²) in [7, 11) is 3.39. The molecule has 0 heterocycles. The van der Waals surface area contributed by atoms with E-state index in [0.717, 1.165) is 17.0 Å². The Morgan fingerprint density at radius 2 is 2.16 bits per heavy atom. The van der Waals surface area contributed by atoms with Gasteiger partial charge < -0.3 is 15.4 Å². The summed E-state index contributed by atoms with van der Waals surface area (Å²) in [5.74, 6) is 0.626. The minimum absolute atomic E-state index is 0.378. The van der Waals surface area contributed by atoms with Gasteiger partial charge >= 0.3 is 5.97 Å². The largest absolute Gasteiger partial charge is 0.465 e. The lowest BCUT2D eigenvalue weighted by atomic mass is 10.1.